The van der Waals surface area contributed by atoms with Crippen LogP contribution in [0, 0.1) is 0 Å². The van der Waals surface area contributed by atoms with Crippen molar-refractivity contribution in [3.05, 3.63) is 126 Å². The van der Waals surface area contributed by atoms with Crippen LogP contribution >= 0.6 is 0 Å². The Kier molecular flexibility index (Phi) is 28.4. The second kappa shape index (κ2) is 38.2. The highest BCUT2D eigenvalue weighted by atomic mass is 16.7. The maximum absolute atomic E-state index is 13.2. The molecule has 6 aromatic rings. The summed E-state index contributed by atoms with van der Waals surface area (Å²) in [5.41, 5.74) is -0.0108. The number of rotatable bonds is 28. The molecule has 43 nitrogen and oxygen atoms in total. The smallest absolute Gasteiger partial charge is 0.402 e. The molecule has 638 valence electrons. The van der Waals surface area contributed by atoms with Gasteiger partial charge in [-0.15, -0.1) is 0 Å². The van der Waals surface area contributed by atoms with Crippen LogP contribution in [0.15, 0.2) is 114 Å². The summed E-state index contributed by atoms with van der Waals surface area (Å²) in [5.74, 6) is -12.3. The lowest BCUT2D eigenvalue weighted by atomic mass is 9.99. The molecule has 0 unspecified atom stereocenters. The average Bonchev–Trinajstić information content (AvgIpc) is 0.763. The van der Waals surface area contributed by atoms with Gasteiger partial charge in [-0.25, -0.2) is 18.8 Å². The second-order valence-corrected chi connectivity index (χ2v) is 27.2. The first-order valence-electron chi connectivity index (χ1n) is 35.5. The Labute approximate surface area is 662 Å². The number of carboxylic acid groups (broad SMARTS) is 1. The summed E-state index contributed by atoms with van der Waals surface area (Å²) in [7, 11) is 0. The Morgan fingerprint density at radius 3 is 1.12 bits per heavy atom. The van der Waals surface area contributed by atoms with E-state index in [0.29, 0.717) is 0 Å². The molecule has 0 aliphatic carbocycles. The van der Waals surface area contributed by atoms with Crippen molar-refractivity contribution in [2.45, 2.75) is 160 Å². The molecule has 5 aliphatic rings. The van der Waals surface area contributed by atoms with Gasteiger partial charge in [0.2, 0.25) is 37.2 Å². The first-order valence-corrected chi connectivity index (χ1v) is 35.5. The lowest BCUT2D eigenvalue weighted by Crippen LogP contribution is -2.60. The van der Waals surface area contributed by atoms with Crippen molar-refractivity contribution in [3.63, 3.8) is 0 Å². The molecule has 1 aromatic heterocycles. The molecule has 5 aliphatic heterocycles. The second-order valence-electron chi connectivity index (χ2n) is 27.2. The molecule has 11 rings (SSSR count). The molecule has 23 N–H and O–H groups in total. The number of carbonyl (C=O) groups excluding carboxylic acids is 4. The van der Waals surface area contributed by atoms with Crippen molar-refractivity contribution in [1.29, 1.82) is 0 Å². The van der Waals surface area contributed by atoms with Gasteiger partial charge in [0.15, 0.2) is 46.0 Å². The van der Waals surface area contributed by atoms with Crippen molar-refractivity contribution >= 4 is 59.0 Å². The number of phenolic OH excluding ortho intramolecular Hbond substituents is 6. The predicted molar refractivity (Wildman–Crippen MR) is 382 cm³/mol. The van der Waals surface area contributed by atoms with Crippen LogP contribution in [0.5, 0.6) is 63.2 Å². The summed E-state index contributed by atoms with van der Waals surface area (Å²) in [5, 5.41) is 244. The lowest BCUT2D eigenvalue weighted by molar-refractivity contribution is -0.278. The summed E-state index contributed by atoms with van der Waals surface area (Å²) in [6.45, 7) is -4.01. The van der Waals surface area contributed by atoms with Gasteiger partial charge in [-0.1, -0.05) is 18.2 Å². The summed E-state index contributed by atoms with van der Waals surface area (Å²) < 4.78 is 83.7. The molecule has 0 bridgehead atoms. The van der Waals surface area contributed by atoms with Crippen LogP contribution < -0.4 is 23.7 Å². The van der Waals surface area contributed by atoms with E-state index in [1.54, 1.807) is 0 Å². The van der Waals surface area contributed by atoms with Crippen molar-refractivity contribution < 1.29 is 212 Å². The van der Waals surface area contributed by atoms with Crippen LogP contribution in [0.1, 0.15) is 23.1 Å². The van der Waals surface area contributed by atoms with Crippen LogP contribution in [0.25, 0.3) is 40.5 Å². The Hall–Kier alpha value is -11.0. The van der Waals surface area contributed by atoms with Crippen molar-refractivity contribution in [2.75, 3.05) is 33.0 Å². The standard InChI is InChI=1S/C75H80O43/c76-23-45-55(89)60(94)66(100)72(114-45)110-40-10-2-29(16-38(40)81)5-13-52(86)105-25-47-57(91)62(96)67(101)73(116-47)111-41-11-3-30(17-39(41)82)6-14-53(87)106-26-48-58(92)63(97)68(102)74(117-48)112-43-18-31(7-9-35(43)78)70-44(113-75-69(103)64(98)59(93)49(118-75)27-107-54(88)22-50(83)84)21-33-36(79)19-32(20-42(33)109-70)108-71-65(99)61(95)56(90)46(115-71)24-104-51(85)12-4-28-1-8-34(77)37(80)15-28/h1-21,45-49,55-69,71-76,89-103H,22-27H2,(H6-,77,78,79,80,81,82,83,84,85)/p+1/b13-5-,14-6+/t45-,46-,47-,48-,49-,55-,56-,57-,58-,59-,60+,61+,62+,63+,64+,65-,66-,67-,68-,69-,71-,72-,73-,74-,75-/m1/s1. The average molecular weight is 1670 g/mol. The molecular formula is C75H81O43+. The number of benzene rings is 5. The summed E-state index contributed by atoms with van der Waals surface area (Å²) in [6.07, 6.45) is -41.8. The first-order chi connectivity index (χ1) is 56.0. The van der Waals surface area contributed by atoms with Gasteiger partial charge >= 0.3 is 41.2 Å². The summed E-state index contributed by atoms with van der Waals surface area (Å²) >= 11 is 0. The minimum Gasteiger partial charge on any atom is -0.507 e. The van der Waals surface area contributed by atoms with Crippen molar-refractivity contribution in [3.8, 4) is 74.6 Å². The number of hydrogen-bond donors (Lipinski definition) is 23. The fourth-order valence-corrected chi connectivity index (χ4v) is 12.3. The van der Waals surface area contributed by atoms with Gasteiger partial charge in [0, 0.05) is 36.4 Å². The van der Waals surface area contributed by atoms with Crippen LogP contribution in [0.3, 0.4) is 0 Å². The zero-order valence-corrected chi connectivity index (χ0v) is 60.8. The molecule has 5 fully saturated rings. The molecule has 5 aromatic carbocycles. The zero-order chi connectivity index (χ0) is 85.4. The van der Waals surface area contributed by atoms with E-state index in [9.17, 15) is 136 Å². The van der Waals surface area contributed by atoms with Crippen LogP contribution in [0.2, 0.25) is 0 Å². The fraction of sp³-hybridized carbons (Fsp3) is 0.413. The molecule has 0 spiro atoms. The molecule has 25 atom stereocenters. The topological polar surface area (TPSA) is 691 Å². The van der Waals surface area contributed by atoms with Crippen molar-refractivity contribution in [2.24, 2.45) is 0 Å². The minimum absolute atomic E-state index is 0.0943. The number of carbonyl (C=O) groups is 5. The quantitative estimate of drug-likeness (QED) is 0.00548. The molecule has 0 amide bonds. The first kappa shape index (κ1) is 87.9. The SMILES string of the molecule is O=C(O)CC(=O)OC[C@H]1O[C@@H](Oc2cc3c(O)cc(O[C@@H]4O[C@H](COC(=O)C=Cc5ccc(O)c(O)c5)[C@@H](O)[C@H](O)[C@H]4O)cc3[o+]c2-c2ccc(O)c(O[C@@H]3O[C@H](COC(=O)/C=C/c4ccc(O[C@@H]5O[C@H](COC(=O)/C=C\c6ccc(O[C@@H]7O[C@H](CO)[C@@H](O)[C@H](O)[C@H]7O)c(O)c6)[C@@H](O)[C@H](O)[C@H]5O)c(O)c4)[C@@H](O)[C@H](O)[C@H]3O)c2)[C@H](O)[C@@H](O)[C@@H]1O. The highest BCUT2D eigenvalue weighted by molar-refractivity contribution is 5.91. The lowest BCUT2D eigenvalue weighted by Gasteiger charge is -2.40. The molecule has 5 saturated heterocycles. The zero-order valence-electron chi connectivity index (χ0n) is 60.8. The third-order valence-corrected chi connectivity index (χ3v) is 18.8. The van der Waals surface area contributed by atoms with E-state index >= 15 is 0 Å². The van der Waals surface area contributed by atoms with E-state index in [2.05, 4.69) is 0 Å². The van der Waals surface area contributed by atoms with Crippen LogP contribution in [-0.2, 0) is 66.6 Å². The van der Waals surface area contributed by atoms with Crippen LogP contribution in [0.4, 0.5) is 0 Å². The predicted octanol–water partition coefficient (Wildman–Crippen LogP) is -4.67. The van der Waals surface area contributed by atoms with Crippen LogP contribution in [-0.4, -0.2) is 334 Å². The largest absolute Gasteiger partial charge is 0.507 e. The molecule has 0 saturated carbocycles. The van der Waals surface area contributed by atoms with E-state index in [4.69, 9.17) is 75.8 Å². The number of carboxylic acids is 1. The molecule has 0 radical (unpaired) electrons. The number of aliphatic hydroxyl groups excluding tert-OH is 16. The number of fused-ring (bicyclic) bond motifs is 1. The van der Waals surface area contributed by atoms with Gasteiger partial charge in [-0.3, -0.25) is 9.59 Å². The molecule has 6 heterocycles. The number of phenols is 6. The van der Waals surface area contributed by atoms with E-state index in [-0.39, 0.29) is 44.7 Å². The number of esters is 4. The summed E-state index contributed by atoms with van der Waals surface area (Å²) in [6, 6.07) is 17.0. The normalized spacial score (nSPS) is 31.1. The Morgan fingerprint density at radius 1 is 0.347 bits per heavy atom. The third-order valence-electron chi connectivity index (χ3n) is 18.8. The van der Waals surface area contributed by atoms with Gasteiger partial charge < -0.3 is 184 Å². The van der Waals surface area contributed by atoms with Gasteiger partial charge in [-0.2, -0.15) is 0 Å². The Morgan fingerprint density at radius 2 is 0.712 bits per heavy atom. The van der Waals surface area contributed by atoms with Gasteiger partial charge in [0.1, 0.15) is 172 Å². The minimum atomic E-state index is -2.16. The van der Waals surface area contributed by atoms with E-state index in [1.165, 1.54) is 36.4 Å². The summed E-state index contributed by atoms with van der Waals surface area (Å²) in [4.78, 5) is 61.9. The number of aliphatic hydroxyl groups is 16. The van der Waals surface area contributed by atoms with Gasteiger partial charge in [0.05, 0.1) is 18.2 Å². The number of ether oxygens (including phenoxy) is 14. The highest BCUT2D eigenvalue weighted by Gasteiger charge is 2.51. The molecule has 43 heteroatoms. The maximum atomic E-state index is 13.2. The fourth-order valence-electron chi connectivity index (χ4n) is 12.3. The van der Waals surface area contributed by atoms with Crippen molar-refractivity contribution in [1.82, 2.24) is 0 Å². The number of aromatic hydroxyl groups is 6. The monoisotopic (exact) mass is 1670 g/mol. The van der Waals surface area contributed by atoms with Gasteiger partial charge in [0.25, 0.3) is 0 Å². The number of hydrogen-bond acceptors (Lipinski definition) is 41. The Balaban J connectivity index is 0.739. The molecular weight excluding hydrogens is 1590 g/mol. The van der Waals surface area contributed by atoms with Gasteiger partial charge in [-0.05, 0) is 83.4 Å². The highest BCUT2D eigenvalue weighted by Crippen LogP contribution is 2.45. The van der Waals surface area contributed by atoms with E-state index in [0.717, 1.165) is 91.0 Å². The Bertz CT molecular complexity index is 4650. The van der Waals surface area contributed by atoms with E-state index in [1.807, 2.05) is 0 Å². The number of aliphatic carboxylic acids is 1. The molecule has 118 heavy (non-hydrogen) atoms. The maximum Gasteiger partial charge on any atom is 0.402 e. The third kappa shape index (κ3) is 20.8. The van der Waals surface area contributed by atoms with E-state index < -0.39 is 280 Å².